The van der Waals surface area contributed by atoms with Crippen molar-refractivity contribution in [3.63, 3.8) is 0 Å². The Balaban J connectivity index is 1.56. The number of benzene rings is 1. The molecule has 3 atom stereocenters. The third kappa shape index (κ3) is 3.31. The van der Waals surface area contributed by atoms with Gasteiger partial charge in [0.15, 0.2) is 0 Å². The van der Waals surface area contributed by atoms with Crippen LogP contribution in [0.25, 0.3) is 0 Å². The van der Waals surface area contributed by atoms with E-state index in [1.54, 1.807) is 0 Å². The molecule has 1 aromatic rings. The van der Waals surface area contributed by atoms with Crippen molar-refractivity contribution in [3.8, 4) is 0 Å². The number of hydrogen-bond acceptors (Lipinski definition) is 2. The Hall–Kier alpha value is -0.570. The van der Waals surface area contributed by atoms with E-state index in [9.17, 15) is 0 Å². The molecule has 0 aromatic heterocycles. The minimum atomic E-state index is 0.676. The monoisotopic (exact) mass is 278 g/mol. The molecule has 3 unspecified atom stereocenters. The fraction of sp³-hybridized carbons (Fsp3) is 0.625. The van der Waals surface area contributed by atoms with Crippen LogP contribution in [0.5, 0.6) is 0 Å². The van der Waals surface area contributed by atoms with E-state index in [4.69, 9.17) is 11.6 Å². The van der Waals surface area contributed by atoms with Crippen molar-refractivity contribution in [2.24, 2.45) is 5.92 Å². The predicted octanol–water partition coefficient (Wildman–Crippen LogP) is 3.35. The molecule has 1 aliphatic heterocycles. The van der Waals surface area contributed by atoms with Crippen molar-refractivity contribution in [2.75, 3.05) is 6.54 Å². The summed E-state index contributed by atoms with van der Waals surface area (Å²) in [6.07, 6.45) is 6.78. The second kappa shape index (κ2) is 6.25. The molecule has 1 heterocycles. The van der Waals surface area contributed by atoms with Gasteiger partial charge in [0.1, 0.15) is 0 Å². The molecule has 3 heteroatoms. The van der Waals surface area contributed by atoms with Crippen molar-refractivity contribution < 1.29 is 0 Å². The summed E-state index contributed by atoms with van der Waals surface area (Å²) in [6.45, 7) is 2.15. The minimum Gasteiger partial charge on any atom is -0.314 e. The summed E-state index contributed by atoms with van der Waals surface area (Å²) in [5, 5.41) is 8.26. The number of hydrogen-bond donors (Lipinski definition) is 2. The van der Waals surface area contributed by atoms with E-state index in [-0.39, 0.29) is 0 Å². The molecule has 1 aromatic carbocycles. The second-order valence-corrected chi connectivity index (χ2v) is 6.35. The maximum atomic E-state index is 6.03. The molecule has 2 fully saturated rings. The van der Waals surface area contributed by atoms with E-state index in [1.807, 2.05) is 12.1 Å². The van der Waals surface area contributed by atoms with Crippen LogP contribution in [0.1, 0.15) is 37.7 Å². The van der Waals surface area contributed by atoms with E-state index < -0.39 is 0 Å². The first kappa shape index (κ1) is 13.4. The van der Waals surface area contributed by atoms with Gasteiger partial charge in [-0.1, -0.05) is 30.2 Å². The number of nitrogens with one attached hydrogen (secondary N) is 2. The molecule has 0 spiro atoms. The van der Waals surface area contributed by atoms with Gasteiger partial charge in [-0.05, 0) is 55.8 Å². The summed E-state index contributed by atoms with van der Waals surface area (Å²) in [4.78, 5) is 0. The highest BCUT2D eigenvalue weighted by Gasteiger charge is 2.34. The van der Waals surface area contributed by atoms with Gasteiger partial charge in [0, 0.05) is 23.7 Å². The molecule has 2 nitrogen and oxygen atoms in total. The molecule has 3 rings (SSSR count). The Bertz CT molecular complexity index is 415. The summed E-state index contributed by atoms with van der Waals surface area (Å²) >= 11 is 6.03. The van der Waals surface area contributed by atoms with Crippen LogP contribution in [0, 0.1) is 5.92 Å². The maximum absolute atomic E-state index is 6.03. The quantitative estimate of drug-likeness (QED) is 0.883. The standard InChI is InChI=1S/C16H23ClN2/c17-13-5-1-4-12(10-13)11-19-16-7-2-6-14(16)15-8-3-9-18-15/h1,4-5,10,14-16,18-19H,2-3,6-9,11H2. The molecule has 0 radical (unpaired) electrons. The van der Waals surface area contributed by atoms with Gasteiger partial charge in [-0.25, -0.2) is 0 Å². The van der Waals surface area contributed by atoms with Crippen molar-refractivity contribution in [1.82, 2.24) is 10.6 Å². The van der Waals surface area contributed by atoms with Crippen LogP contribution in [0.3, 0.4) is 0 Å². The lowest BCUT2D eigenvalue weighted by molar-refractivity contribution is 0.320. The van der Waals surface area contributed by atoms with E-state index in [0.717, 1.165) is 23.5 Å². The summed E-state index contributed by atoms with van der Waals surface area (Å²) in [6, 6.07) is 9.60. The first-order chi connectivity index (χ1) is 9.33. The lowest BCUT2D eigenvalue weighted by Crippen LogP contribution is -2.41. The van der Waals surface area contributed by atoms with Gasteiger partial charge in [0.2, 0.25) is 0 Å². The van der Waals surface area contributed by atoms with Gasteiger partial charge in [-0.3, -0.25) is 0 Å². The smallest absolute Gasteiger partial charge is 0.0409 e. The zero-order valence-corrected chi connectivity index (χ0v) is 12.1. The molecule has 0 amide bonds. The summed E-state index contributed by atoms with van der Waals surface area (Å²) < 4.78 is 0. The lowest BCUT2D eigenvalue weighted by atomic mass is 9.93. The molecular weight excluding hydrogens is 256 g/mol. The predicted molar refractivity (Wildman–Crippen MR) is 80.4 cm³/mol. The lowest BCUT2D eigenvalue weighted by Gasteiger charge is -2.26. The first-order valence-corrected chi connectivity index (χ1v) is 7.92. The minimum absolute atomic E-state index is 0.676. The second-order valence-electron chi connectivity index (χ2n) is 5.91. The fourth-order valence-corrected chi connectivity index (χ4v) is 3.91. The number of rotatable bonds is 4. The van der Waals surface area contributed by atoms with Gasteiger partial charge in [-0.2, -0.15) is 0 Å². The SMILES string of the molecule is Clc1cccc(CNC2CCCC2C2CCCN2)c1. The largest absolute Gasteiger partial charge is 0.314 e. The molecule has 1 saturated heterocycles. The average molecular weight is 279 g/mol. The van der Waals surface area contributed by atoms with Crippen LogP contribution in [0.4, 0.5) is 0 Å². The third-order valence-corrected chi connectivity index (χ3v) is 4.88. The molecule has 1 aliphatic carbocycles. The highest BCUT2D eigenvalue weighted by molar-refractivity contribution is 6.30. The number of halogens is 1. The Morgan fingerprint density at radius 2 is 2.16 bits per heavy atom. The van der Waals surface area contributed by atoms with Gasteiger partial charge in [-0.15, -0.1) is 0 Å². The van der Waals surface area contributed by atoms with Gasteiger partial charge >= 0.3 is 0 Å². The Morgan fingerprint density at radius 3 is 2.95 bits per heavy atom. The molecule has 1 saturated carbocycles. The van der Waals surface area contributed by atoms with E-state index in [2.05, 4.69) is 22.8 Å². The third-order valence-electron chi connectivity index (χ3n) is 4.64. The average Bonchev–Trinajstić information content (AvgIpc) is 3.07. The van der Waals surface area contributed by atoms with Gasteiger partial charge in [0.25, 0.3) is 0 Å². The van der Waals surface area contributed by atoms with Crippen molar-refractivity contribution in [3.05, 3.63) is 34.9 Å². The summed E-state index contributed by atoms with van der Waals surface area (Å²) in [5.74, 6) is 0.821. The van der Waals surface area contributed by atoms with E-state index >= 15 is 0 Å². The maximum Gasteiger partial charge on any atom is 0.0409 e. The Morgan fingerprint density at radius 1 is 1.21 bits per heavy atom. The van der Waals surface area contributed by atoms with Gasteiger partial charge < -0.3 is 10.6 Å². The first-order valence-electron chi connectivity index (χ1n) is 7.54. The zero-order chi connectivity index (χ0) is 13.1. The fourth-order valence-electron chi connectivity index (χ4n) is 3.70. The van der Waals surface area contributed by atoms with Crippen LogP contribution >= 0.6 is 11.6 Å². The van der Waals surface area contributed by atoms with Gasteiger partial charge in [0.05, 0.1) is 0 Å². The van der Waals surface area contributed by atoms with Crippen LogP contribution in [-0.4, -0.2) is 18.6 Å². The van der Waals surface area contributed by atoms with Crippen molar-refractivity contribution in [1.29, 1.82) is 0 Å². The molecule has 104 valence electrons. The van der Waals surface area contributed by atoms with Crippen LogP contribution < -0.4 is 10.6 Å². The van der Waals surface area contributed by atoms with E-state index in [0.29, 0.717) is 6.04 Å². The molecule has 2 N–H and O–H groups in total. The summed E-state index contributed by atoms with van der Waals surface area (Å²) in [5.41, 5.74) is 1.29. The van der Waals surface area contributed by atoms with Crippen molar-refractivity contribution in [2.45, 2.75) is 50.7 Å². The molecular formula is C16H23ClN2. The van der Waals surface area contributed by atoms with Crippen LogP contribution in [0.15, 0.2) is 24.3 Å². The van der Waals surface area contributed by atoms with E-state index in [1.165, 1.54) is 44.2 Å². The molecule has 0 bridgehead atoms. The van der Waals surface area contributed by atoms with Crippen molar-refractivity contribution >= 4 is 11.6 Å². The normalized spacial score (nSPS) is 30.9. The molecule has 19 heavy (non-hydrogen) atoms. The van der Waals surface area contributed by atoms with Crippen LogP contribution in [-0.2, 0) is 6.54 Å². The Kier molecular flexibility index (Phi) is 4.42. The van der Waals surface area contributed by atoms with Crippen LogP contribution in [0.2, 0.25) is 5.02 Å². The summed E-state index contributed by atoms with van der Waals surface area (Å²) in [7, 11) is 0. The topological polar surface area (TPSA) is 24.1 Å². The Labute approximate surface area is 120 Å². The molecule has 2 aliphatic rings. The highest BCUT2D eigenvalue weighted by Crippen LogP contribution is 2.32. The highest BCUT2D eigenvalue weighted by atomic mass is 35.5. The zero-order valence-electron chi connectivity index (χ0n) is 11.4.